The third-order valence-electron chi connectivity index (χ3n) is 2.72. The van der Waals surface area contributed by atoms with Crippen molar-refractivity contribution in [3.8, 4) is 0 Å². The van der Waals surface area contributed by atoms with Crippen LogP contribution < -0.4 is 10.2 Å². The van der Waals surface area contributed by atoms with E-state index in [1.54, 1.807) is 0 Å². The summed E-state index contributed by atoms with van der Waals surface area (Å²) >= 11 is 0. The van der Waals surface area contributed by atoms with Crippen molar-refractivity contribution in [2.45, 2.75) is 13.5 Å². The maximum absolute atomic E-state index is 13.1. The summed E-state index contributed by atoms with van der Waals surface area (Å²) in [6.45, 7) is 5.08. The standard InChI is InChI=1S/C11H14F2N2/c1-2-15-4-3-14-7-8-5-9(12)10(13)6-11(8)15/h5-6,14H,2-4,7H2,1H3. The lowest BCUT2D eigenvalue weighted by molar-refractivity contribution is 0.507. The van der Waals surface area contributed by atoms with E-state index in [4.69, 9.17) is 0 Å². The molecule has 0 amide bonds. The van der Waals surface area contributed by atoms with Crippen LogP contribution in [0.15, 0.2) is 12.1 Å². The Bertz CT molecular complexity index is 366. The van der Waals surface area contributed by atoms with E-state index >= 15 is 0 Å². The minimum Gasteiger partial charge on any atom is -0.370 e. The summed E-state index contributed by atoms with van der Waals surface area (Å²) in [6.07, 6.45) is 0. The number of nitrogens with zero attached hydrogens (tertiary/aromatic N) is 1. The van der Waals surface area contributed by atoms with E-state index in [0.717, 1.165) is 30.9 Å². The van der Waals surface area contributed by atoms with Crippen molar-refractivity contribution in [3.05, 3.63) is 29.3 Å². The van der Waals surface area contributed by atoms with Crippen LogP contribution in [0, 0.1) is 11.6 Å². The maximum atomic E-state index is 13.1. The molecular weight excluding hydrogens is 198 g/mol. The second-order valence-electron chi connectivity index (χ2n) is 3.65. The van der Waals surface area contributed by atoms with Gasteiger partial charge in [-0.3, -0.25) is 0 Å². The lowest BCUT2D eigenvalue weighted by Gasteiger charge is -2.22. The SMILES string of the molecule is CCN1CCNCc2cc(F)c(F)cc21. The van der Waals surface area contributed by atoms with Gasteiger partial charge in [0.15, 0.2) is 11.6 Å². The molecule has 0 unspecified atom stereocenters. The molecule has 0 atom stereocenters. The van der Waals surface area contributed by atoms with Crippen molar-refractivity contribution in [1.29, 1.82) is 0 Å². The van der Waals surface area contributed by atoms with Gasteiger partial charge in [-0.2, -0.15) is 0 Å². The lowest BCUT2D eigenvalue weighted by Crippen LogP contribution is -2.28. The van der Waals surface area contributed by atoms with Crippen LogP contribution in [0.25, 0.3) is 0 Å². The summed E-state index contributed by atoms with van der Waals surface area (Å²) in [4.78, 5) is 2.05. The smallest absolute Gasteiger partial charge is 0.160 e. The molecule has 0 saturated heterocycles. The predicted molar refractivity (Wildman–Crippen MR) is 56.0 cm³/mol. The van der Waals surface area contributed by atoms with E-state index in [2.05, 4.69) is 10.2 Å². The lowest BCUT2D eigenvalue weighted by atomic mass is 10.1. The molecule has 1 aromatic rings. The quantitative estimate of drug-likeness (QED) is 0.764. The number of fused-ring (bicyclic) bond motifs is 1. The third kappa shape index (κ3) is 1.95. The Balaban J connectivity index is 2.46. The Labute approximate surface area is 87.9 Å². The summed E-state index contributed by atoms with van der Waals surface area (Å²) in [6, 6.07) is 2.58. The van der Waals surface area contributed by atoms with Crippen LogP contribution in [-0.2, 0) is 6.54 Å². The van der Waals surface area contributed by atoms with Gasteiger partial charge in [0.2, 0.25) is 0 Å². The molecule has 0 aromatic heterocycles. The zero-order valence-corrected chi connectivity index (χ0v) is 8.69. The molecule has 0 spiro atoms. The number of anilines is 1. The minimum absolute atomic E-state index is 0.600. The van der Waals surface area contributed by atoms with E-state index in [9.17, 15) is 8.78 Å². The van der Waals surface area contributed by atoms with E-state index in [1.807, 2.05) is 6.92 Å². The van der Waals surface area contributed by atoms with Crippen LogP contribution in [0.2, 0.25) is 0 Å². The molecule has 0 fully saturated rings. The molecule has 1 heterocycles. The minimum atomic E-state index is -0.770. The van der Waals surface area contributed by atoms with Crippen molar-refractivity contribution in [2.75, 3.05) is 24.5 Å². The van der Waals surface area contributed by atoms with Crippen molar-refractivity contribution in [2.24, 2.45) is 0 Å². The molecule has 0 aliphatic carbocycles. The van der Waals surface area contributed by atoms with Gasteiger partial charge in [0.25, 0.3) is 0 Å². The fourth-order valence-corrected chi connectivity index (χ4v) is 1.90. The molecule has 15 heavy (non-hydrogen) atoms. The first-order chi connectivity index (χ1) is 7.22. The monoisotopic (exact) mass is 212 g/mol. The van der Waals surface area contributed by atoms with E-state index < -0.39 is 11.6 Å². The molecule has 4 heteroatoms. The first-order valence-corrected chi connectivity index (χ1v) is 5.16. The van der Waals surface area contributed by atoms with E-state index in [1.165, 1.54) is 12.1 Å². The average molecular weight is 212 g/mol. The number of rotatable bonds is 1. The first kappa shape index (κ1) is 10.4. The van der Waals surface area contributed by atoms with Crippen molar-refractivity contribution in [1.82, 2.24) is 5.32 Å². The zero-order valence-electron chi connectivity index (χ0n) is 8.69. The molecule has 2 rings (SSSR count). The highest BCUT2D eigenvalue weighted by atomic mass is 19.2. The fourth-order valence-electron chi connectivity index (χ4n) is 1.90. The summed E-state index contributed by atoms with van der Waals surface area (Å²) in [5, 5.41) is 3.18. The van der Waals surface area contributed by atoms with Gasteiger partial charge in [-0.15, -0.1) is 0 Å². The van der Waals surface area contributed by atoms with Gasteiger partial charge in [-0.25, -0.2) is 8.78 Å². The Morgan fingerprint density at radius 3 is 2.80 bits per heavy atom. The Kier molecular flexibility index (Phi) is 2.86. The summed E-state index contributed by atoms with van der Waals surface area (Å²) < 4.78 is 26.2. The van der Waals surface area contributed by atoms with Crippen LogP contribution in [0.3, 0.4) is 0 Å². The predicted octanol–water partition coefficient (Wildman–Crippen LogP) is 1.89. The molecule has 82 valence electrons. The van der Waals surface area contributed by atoms with E-state index in [-0.39, 0.29) is 0 Å². The molecule has 0 bridgehead atoms. The molecule has 1 N–H and O–H groups in total. The molecule has 0 saturated carbocycles. The molecule has 1 aliphatic rings. The van der Waals surface area contributed by atoms with Crippen LogP contribution in [0.1, 0.15) is 12.5 Å². The van der Waals surface area contributed by atoms with Gasteiger partial charge in [-0.05, 0) is 18.6 Å². The zero-order chi connectivity index (χ0) is 10.8. The first-order valence-electron chi connectivity index (χ1n) is 5.16. The highest BCUT2D eigenvalue weighted by molar-refractivity contribution is 5.54. The van der Waals surface area contributed by atoms with Gasteiger partial charge in [0, 0.05) is 37.9 Å². The molecule has 1 aliphatic heterocycles. The number of likely N-dealkylation sites (N-methyl/N-ethyl adjacent to an activating group) is 1. The topological polar surface area (TPSA) is 15.3 Å². The number of nitrogens with one attached hydrogen (secondary N) is 1. The van der Waals surface area contributed by atoms with Crippen LogP contribution in [0.4, 0.5) is 14.5 Å². The molecule has 1 aromatic carbocycles. The van der Waals surface area contributed by atoms with Gasteiger partial charge >= 0.3 is 0 Å². The van der Waals surface area contributed by atoms with E-state index in [0.29, 0.717) is 6.54 Å². The second-order valence-corrected chi connectivity index (χ2v) is 3.65. The Morgan fingerprint density at radius 2 is 2.07 bits per heavy atom. The Hall–Kier alpha value is -1.16. The number of hydrogen-bond donors (Lipinski definition) is 1. The summed E-state index contributed by atoms with van der Waals surface area (Å²) in [5.74, 6) is -1.54. The Morgan fingerprint density at radius 1 is 1.33 bits per heavy atom. The molecular formula is C11H14F2N2. The molecule has 0 radical (unpaired) electrons. The normalized spacial score (nSPS) is 16.1. The number of halogens is 2. The number of hydrogen-bond acceptors (Lipinski definition) is 2. The van der Waals surface area contributed by atoms with Gasteiger partial charge in [-0.1, -0.05) is 0 Å². The van der Waals surface area contributed by atoms with Crippen molar-refractivity contribution < 1.29 is 8.78 Å². The highest BCUT2D eigenvalue weighted by Gasteiger charge is 2.16. The highest BCUT2D eigenvalue weighted by Crippen LogP contribution is 2.25. The largest absolute Gasteiger partial charge is 0.370 e. The van der Waals surface area contributed by atoms with Gasteiger partial charge in [0.05, 0.1) is 0 Å². The molecule has 2 nitrogen and oxygen atoms in total. The number of benzene rings is 1. The van der Waals surface area contributed by atoms with Crippen molar-refractivity contribution >= 4 is 5.69 Å². The second kappa shape index (κ2) is 4.14. The fraction of sp³-hybridized carbons (Fsp3) is 0.455. The third-order valence-corrected chi connectivity index (χ3v) is 2.72. The maximum Gasteiger partial charge on any atom is 0.160 e. The van der Waals surface area contributed by atoms with Gasteiger partial charge in [0.1, 0.15) is 0 Å². The van der Waals surface area contributed by atoms with Crippen molar-refractivity contribution in [3.63, 3.8) is 0 Å². The van der Waals surface area contributed by atoms with Crippen LogP contribution in [0.5, 0.6) is 0 Å². The van der Waals surface area contributed by atoms with Crippen LogP contribution in [-0.4, -0.2) is 19.6 Å². The summed E-state index contributed by atoms with van der Waals surface area (Å²) in [7, 11) is 0. The van der Waals surface area contributed by atoms with Crippen LogP contribution >= 0.6 is 0 Å². The van der Waals surface area contributed by atoms with Gasteiger partial charge < -0.3 is 10.2 Å². The summed E-state index contributed by atoms with van der Waals surface area (Å²) in [5.41, 5.74) is 1.63. The average Bonchev–Trinajstić information content (AvgIpc) is 2.41.